The summed E-state index contributed by atoms with van der Waals surface area (Å²) in [5.74, 6) is 0.638. The van der Waals surface area contributed by atoms with Crippen molar-refractivity contribution in [3.8, 4) is 0 Å². The summed E-state index contributed by atoms with van der Waals surface area (Å²) >= 11 is 1.63. The Morgan fingerprint density at radius 1 is 1.26 bits per heavy atom. The molecular formula is C16H25IN6O2S2. The first-order valence-electron chi connectivity index (χ1n) is 8.27. The van der Waals surface area contributed by atoms with Gasteiger partial charge in [-0.3, -0.25) is 4.98 Å². The Bertz CT molecular complexity index is 840. The fourth-order valence-corrected chi connectivity index (χ4v) is 4.02. The number of rotatable bonds is 8. The number of aryl methyl sites for hydroxylation is 2. The van der Waals surface area contributed by atoms with E-state index in [2.05, 4.69) is 30.3 Å². The van der Waals surface area contributed by atoms with Crippen LogP contribution in [0.4, 0.5) is 0 Å². The molecule has 0 aromatic carbocycles. The minimum Gasteiger partial charge on any atom is -0.357 e. The van der Waals surface area contributed by atoms with Crippen LogP contribution in [0.2, 0.25) is 0 Å². The molecule has 0 bridgehead atoms. The summed E-state index contributed by atoms with van der Waals surface area (Å²) in [5, 5.41) is 7.29. The zero-order valence-corrected chi connectivity index (χ0v) is 19.5. The van der Waals surface area contributed by atoms with E-state index in [9.17, 15) is 8.42 Å². The van der Waals surface area contributed by atoms with Gasteiger partial charge in [0.25, 0.3) is 0 Å². The topological polar surface area (TPSA) is 108 Å². The minimum atomic E-state index is -3.55. The quantitative estimate of drug-likeness (QED) is 0.211. The van der Waals surface area contributed by atoms with Crippen molar-refractivity contribution >= 4 is 51.3 Å². The van der Waals surface area contributed by atoms with Crippen LogP contribution in [0.3, 0.4) is 0 Å². The molecule has 3 N–H and O–H groups in total. The molecule has 0 aliphatic heterocycles. The Morgan fingerprint density at radius 3 is 2.63 bits per heavy atom. The number of aromatic nitrogens is 2. The number of pyridine rings is 1. The number of nitrogens with zero attached hydrogens (tertiary/aromatic N) is 3. The molecule has 27 heavy (non-hydrogen) atoms. The number of nitrogens with one attached hydrogen (secondary N) is 3. The van der Waals surface area contributed by atoms with Crippen molar-refractivity contribution in [3.63, 3.8) is 0 Å². The fraction of sp³-hybridized carbons (Fsp3) is 0.438. The van der Waals surface area contributed by atoms with Crippen LogP contribution in [0, 0.1) is 13.8 Å². The second-order valence-electron chi connectivity index (χ2n) is 5.45. The first-order chi connectivity index (χ1) is 12.4. The number of hydrogen-bond acceptors (Lipinski definition) is 6. The van der Waals surface area contributed by atoms with Gasteiger partial charge in [-0.15, -0.1) is 35.3 Å². The maximum Gasteiger partial charge on any atom is 0.242 e. The second kappa shape index (κ2) is 11.5. The van der Waals surface area contributed by atoms with Gasteiger partial charge in [-0.25, -0.2) is 23.1 Å². The molecule has 0 saturated heterocycles. The summed E-state index contributed by atoms with van der Waals surface area (Å²) in [6.07, 6.45) is 2.85. The van der Waals surface area contributed by atoms with Crippen LogP contribution in [0.25, 0.3) is 0 Å². The third-order valence-corrected chi connectivity index (χ3v) is 5.88. The number of hydrogen-bond donors (Lipinski definition) is 3. The number of thiazole rings is 1. The van der Waals surface area contributed by atoms with Crippen LogP contribution in [-0.2, 0) is 16.6 Å². The minimum absolute atomic E-state index is 0. The Hall–Kier alpha value is -1.31. The molecule has 150 valence electrons. The van der Waals surface area contributed by atoms with Crippen LogP contribution in [0.5, 0.6) is 0 Å². The SMILES string of the molecule is CCNC(=NCc1sc(C)nc1C)NCCNS(=O)(=O)c1cccnc1.I. The van der Waals surface area contributed by atoms with Crippen molar-refractivity contribution in [3.05, 3.63) is 40.1 Å². The predicted molar refractivity (Wildman–Crippen MR) is 119 cm³/mol. The lowest BCUT2D eigenvalue weighted by atomic mass is 10.4. The van der Waals surface area contributed by atoms with E-state index >= 15 is 0 Å². The van der Waals surface area contributed by atoms with Crippen molar-refractivity contribution in [2.24, 2.45) is 4.99 Å². The third kappa shape index (κ3) is 7.68. The molecule has 8 nitrogen and oxygen atoms in total. The summed E-state index contributed by atoms with van der Waals surface area (Å²) in [5.41, 5.74) is 0.997. The number of halogens is 1. The average Bonchev–Trinajstić information content (AvgIpc) is 2.94. The summed E-state index contributed by atoms with van der Waals surface area (Å²) in [4.78, 5) is 14.0. The summed E-state index contributed by atoms with van der Waals surface area (Å²) in [6, 6.07) is 3.10. The number of sulfonamides is 1. The van der Waals surface area contributed by atoms with E-state index in [1.807, 2.05) is 20.8 Å². The van der Waals surface area contributed by atoms with Gasteiger partial charge in [0.15, 0.2) is 5.96 Å². The largest absolute Gasteiger partial charge is 0.357 e. The maximum atomic E-state index is 12.1. The predicted octanol–water partition coefficient (Wildman–Crippen LogP) is 1.81. The fourth-order valence-electron chi connectivity index (χ4n) is 2.17. The lowest BCUT2D eigenvalue weighted by Gasteiger charge is -2.12. The number of guanidine groups is 1. The molecule has 0 fully saturated rings. The zero-order valence-electron chi connectivity index (χ0n) is 15.5. The first-order valence-corrected chi connectivity index (χ1v) is 10.6. The second-order valence-corrected chi connectivity index (χ2v) is 8.50. The van der Waals surface area contributed by atoms with Crippen LogP contribution in [-0.4, -0.2) is 44.0 Å². The molecule has 0 radical (unpaired) electrons. The van der Waals surface area contributed by atoms with E-state index in [-0.39, 0.29) is 35.4 Å². The van der Waals surface area contributed by atoms with Gasteiger partial charge >= 0.3 is 0 Å². The van der Waals surface area contributed by atoms with Crippen molar-refractivity contribution in [1.82, 2.24) is 25.3 Å². The Morgan fingerprint density at radius 2 is 2.04 bits per heavy atom. The van der Waals surface area contributed by atoms with E-state index < -0.39 is 10.0 Å². The first kappa shape index (κ1) is 23.7. The highest BCUT2D eigenvalue weighted by atomic mass is 127. The normalized spacial score (nSPS) is 11.7. The summed E-state index contributed by atoms with van der Waals surface area (Å²) < 4.78 is 26.8. The monoisotopic (exact) mass is 524 g/mol. The summed E-state index contributed by atoms with van der Waals surface area (Å²) in [7, 11) is -3.55. The summed E-state index contributed by atoms with van der Waals surface area (Å²) in [6.45, 7) is 7.82. The molecule has 2 aromatic rings. The highest BCUT2D eigenvalue weighted by Crippen LogP contribution is 2.17. The molecule has 0 unspecified atom stereocenters. The van der Waals surface area contributed by atoms with E-state index in [0.717, 1.165) is 15.6 Å². The van der Waals surface area contributed by atoms with E-state index in [0.29, 0.717) is 25.6 Å². The molecule has 2 rings (SSSR count). The lowest BCUT2D eigenvalue weighted by molar-refractivity contribution is 0.580. The Kier molecular flexibility index (Phi) is 10.1. The van der Waals surface area contributed by atoms with Crippen molar-refractivity contribution < 1.29 is 8.42 Å². The van der Waals surface area contributed by atoms with Crippen LogP contribution >= 0.6 is 35.3 Å². The number of aliphatic imine (C=N–C) groups is 1. The van der Waals surface area contributed by atoms with Gasteiger partial charge in [-0.1, -0.05) is 0 Å². The average molecular weight is 524 g/mol. The lowest BCUT2D eigenvalue weighted by Crippen LogP contribution is -2.41. The van der Waals surface area contributed by atoms with Gasteiger partial charge in [0.2, 0.25) is 10.0 Å². The molecule has 0 atom stereocenters. The maximum absolute atomic E-state index is 12.1. The van der Waals surface area contributed by atoms with Crippen LogP contribution in [0.15, 0.2) is 34.4 Å². The van der Waals surface area contributed by atoms with E-state index in [1.54, 1.807) is 17.4 Å². The Labute approximate surface area is 181 Å². The van der Waals surface area contributed by atoms with Gasteiger partial charge in [-0.2, -0.15) is 0 Å². The molecule has 0 saturated carbocycles. The smallest absolute Gasteiger partial charge is 0.242 e. The zero-order chi connectivity index (χ0) is 19.0. The molecule has 0 spiro atoms. The van der Waals surface area contributed by atoms with Crippen molar-refractivity contribution in [2.45, 2.75) is 32.2 Å². The third-order valence-electron chi connectivity index (χ3n) is 3.38. The Balaban J connectivity index is 0.00000364. The molecule has 0 aliphatic carbocycles. The van der Waals surface area contributed by atoms with Crippen molar-refractivity contribution in [2.75, 3.05) is 19.6 Å². The van der Waals surface area contributed by atoms with Gasteiger partial charge in [0.1, 0.15) is 4.90 Å². The molecule has 2 aromatic heterocycles. The molecule has 0 aliphatic rings. The van der Waals surface area contributed by atoms with Crippen LogP contribution < -0.4 is 15.4 Å². The van der Waals surface area contributed by atoms with Gasteiger partial charge in [0, 0.05) is 36.9 Å². The molecule has 11 heteroatoms. The molecule has 0 amide bonds. The van der Waals surface area contributed by atoms with Gasteiger partial charge in [0.05, 0.1) is 17.2 Å². The van der Waals surface area contributed by atoms with Gasteiger partial charge < -0.3 is 10.6 Å². The van der Waals surface area contributed by atoms with Gasteiger partial charge in [-0.05, 0) is 32.9 Å². The molecule has 2 heterocycles. The van der Waals surface area contributed by atoms with E-state index in [4.69, 9.17) is 0 Å². The highest BCUT2D eigenvalue weighted by molar-refractivity contribution is 14.0. The standard InChI is InChI=1S/C16H24N6O2S2.HI/c1-4-18-16(20-11-15-12(2)22-13(3)25-15)19-8-9-21-26(23,24)14-6-5-7-17-10-14;/h5-7,10,21H,4,8-9,11H2,1-3H3,(H2,18,19,20);1H. The molecular weight excluding hydrogens is 499 g/mol. The van der Waals surface area contributed by atoms with E-state index in [1.165, 1.54) is 18.5 Å². The highest BCUT2D eigenvalue weighted by Gasteiger charge is 2.12. The van der Waals surface area contributed by atoms with Crippen LogP contribution in [0.1, 0.15) is 22.5 Å². The van der Waals surface area contributed by atoms with Crippen molar-refractivity contribution in [1.29, 1.82) is 0 Å².